The zero-order valence-electron chi connectivity index (χ0n) is 15.9. The summed E-state index contributed by atoms with van der Waals surface area (Å²) >= 11 is 3.29. The van der Waals surface area contributed by atoms with Crippen molar-refractivity contribution in [3.05, 3.63) is 70.8 Å². The van der Waals surface area contributed by atoms with Crippen molar-refractivity contribution in [1.82, 2.24) is 5.16 Å². The first kappa shape index (κ1) is 21.5. The molecule has 0 aliphatic rings. The molecule has 2 aromatic carbocycles. The van der Waals surface area contributed by atoms with Gasteiger partial charge in [0.15, 0.2) is 0 Å². The highest BCUT2D eigenvalue weighted by Crippen LogP contribution is 2.40. The summed E-state index contributed by atoms with van der Waals surface area (Å²) in [5.74, 6) is -0.428. The highest BCUT2D eigenvalue weighted by molar-refractivity contribution is 9.10. The Labute approximate surface area is 178 Å². The van der Waals surface area contributed by atoms with Gasteiger partial charge in [0.25, 0.3) is 25.9 Å². The highest BCUT2D eigenvalue weighted by atomic mass is 79.9. The molecule has 3 rings (SSSR count). The Bertz CT molecular complexity index is 1150. The lowest BCUT2D eigenvalue weighted by Crippen LogP contribution is -2.37. The maximum atomic E-state index is 13.4. The Morgan fingerprint density at radius 3 is 1.59 bits per heavy atom. The maximum Gasteiger partial charge on any atom is 0.280 e. The number of halogens is 1. The molecule has 0 unspecified atom stereocenters. The van der Waals surface area contributed by atoms with Crippen LogP contribution < -0.4 is 3.71 Å². The lowest BCUT2D eigenvalue weighted by atomic mass is 9.92. The smallest absolute Gasteiger partial charge is 0.280 e. The minimum atomic E-state index is -4.53. The van der Waals surface area contributed by atoms with Crippen molar-refractivity contribution in [2.24, 2.45) is 0 Å². The first-order valence-electron chi connectivity index (χ1n) is 8.53. The molecule has 0 bridgehead atoms. The number of hydrogen-bond donors (Lipinski definition) is 0. The molecule has 29 heavy (non-hydrogen) atoms. The van der Waals surface area contributed by atoms with Crippen molar-refractivity contribution >= 4 is 41.9 Å². The lowest BCUT2D eigenvalue weighted by Gasteiger charge is -2.22. The first-order valence-corrected chi connectivity index (χ1v) is 12.2. The van der Waals surface area contributed by atoms with Gasteiger partial charge in [-0.2, -0.15) is 16.8 Å². The number of anilines is 1. The Balaban J connectivity index is 2.32. The van der Waals surface area contributed by atoms with Crippen LogP contribution in [0.1, 0.15) is 26.5 Å². The lowest BCUT2D eigenvalue weighted by molar-refractivity contribution is 0.401. The van der Waals surface area contributed by atoms with E-state index in [4.69, 9.17) is 4.52 Å². The van der Waals surface area contributed by atoms with Gasteiger partial charge in [-0.1, -0.05) is 62.3 Å². The second-order valence-electron chi connectivity index (χ2n) is 7.23. The van der Waals surface area contributed by atoms with Gasteiger partial charge in [0.05, 0.1) is 9.79 Å². The van der Waals surface area contributed by atoms with Crippen molar-refractivity contribution in [3.63, 3.8) is 0 Å². The maximum absolute atomic E-state index is 13.4. The van der Waals surface area contributed by atoms with Gasteiger partial charge in [0.1, 0.15) is 10.2 Å². The van der Waals surface area contributed by atoms with Gasteiger partial charge in [-0.25, -0.2) is 0 Å². The van der Waals surface area contributed by atoms with E-state index >= 15 is 0 Å². The van der Waals surface area contributed by atoms with Crippen molar-refractivity contribution in [1.29, 1.82) is 0 Å². The van der Waals surface area contributed by atoms with Gasteiger partial charge < -0.3 is 4.52 Å². The molecule has 7 nitrogen and oxygen atoms in total. The fourth-order valence-electron chi connectivity index (χ4n) is 2.57. The molecular formula is C19H19BrN2O5S2. The predicted molar refractivity (Wildman–Crippen MR) is 113 cm³/mol. The second-order valence-corrected chi connectivity index (χ2v) is 11.8. The third kappa shape index (κ3) is 3.96. The van der Waals surface area contributed by atoms with Crippen LogP contribution in [0.4, 0.5) is 5.88 Å². The normalized spacial score (nSPS) is 12.7. The number of aromatic nitrogens is 1. The summed E-state index contributed by atoms with van der Waals surface area (Å²) in [6.45, 7) is 5.55. The summed E-state index contributed by atoms with van der Waals surface area (Å²) in [4.78, 5) is -0.389. The van der Waals surface area contributed by atoms with Crippen LogP contribution in [0.3, 0.4) is 0 Å². The summed E-state index contributed by atoms with van der Waals surface area (Å²) in [6.07, 6.45) is 0. The summed E-state index contributed by atoms with van der Waals surface area (Å²) in [5, 5.41) is 3.93. The molecule has 10 heteroatoms. The predicted octanol–water partition coefficient (Wildman–Crippen LogP) is 4.32. The van der Waals surface area contributed by atoms with Crippen LogP contribution >= 0.6 is 15.9 Å². The van der Waals surface area contributed by atoms with Gasteiger partial charge in [-0.15, -0.1) is 3.71 Å². The molecule has 0 saturated heterocycles. The van der Waals surface area contributed by atoms with E-state index in [1.54, 1.807) is 12.1 Å². The van der Waals surface area contributed by atoms with Crippen LogP contribution in [0.15, 0.2) is 79.5 Å². The molecule has 3 aromatic rings. The SMILES string of the molecule is CC(C)(C)c1noc(N(S(=O)(=O)c2ccccc2)S(=O)(=O)c2ccccc2)c1Br. The molecule has 0 atom stereocenters. The van der Waals surface area contributed by atoms with E-state index in [2.05, 4.69) is 21.1 Å². The van der Waals surface area contributed by atoms with Crippen molar-refractivity contribution in [3.8, 4) is 0 Å². The molecule has 0 amide bonds. The topological polar surface area (TPSA) is 97.6 Å². The van der Waals surface area contributed by atoms with E-state index in [-0.39, 0.29) is 18.0 Å². The monoisotopic (exact) mass is 498 g/mol. The van der Waals surface area contributed by atoms with E-state index in [9.17, 15) is 16.8 Å². The Hall–Kier alpha value is -2.17. The Morgan fingerprint density at radius 2 is 1.24 bits per heavy atom. The van der Waals surface area contributed by atoms with Crippen LogP contribution in [-0.2, 0) is 25.5 Å². The van der Waals surface area contributed by atoms with Gasteiger partial charge in [0, 0.05) is 5.41 Å². The zero-order valence-corrected chi connectivity index (χ0v) is 19.1. The average molecular weight is 499 g/mol. The average Bonchev–Trinajstić information content (AvgIpc) is 3.04. The van der Waals surface area contributed by atoms with Crippen molar-refractivity contribution in [2.45, 2.75) is 36.0 Å². The minimum absolute atomic E-state index is 0.156. The third-order valence-electron chi connectivity index (χ3n) is 4.01. The number of hydrogen-bond acceptors (Lipinski definition) is 6. The molecule has 0 aliphatic carbocycles. The molecule has 1 aromatic heterocycles. The number of benzene rings is 2. The van der Waals surface area contributed by atoms with E-state index in [0.717, 1.165) is 0 Å². The molecule has 0 spiro atoms. The van der Waals surface area contributed by atoms with E-state index in [0.29, 0.717) is 5.69 Å². The Morgan fingerprint density at radius 1 is 0.828 bits per heavy atom. The largest absolute Gasteiger partial charge is 0.335 e. The van der Waals surface area contributed by atoms with Crippen molar-refractivity contribution < 1.29 is 21.4 Å². The summed E-state index contributed by atoms with van der Waals surface area (Å²) < 4.78 is 59.3. The van der Waals surface area contributed by atoms with Gasteiger partial charge in [0.2, 0.25) is 0 Å². The van der Waals surface area contributed by atoms with Gasteiger partial charge >= 0.3 is 0 Å². The van der Waals surface area contributed by atoms with E-state index < -0.39 is 31.3 Å². The molecule has 154 valence electrons. The van der Waals surface area contributed by atoms with Crippen LogP contribution in [0, 0.1) is 0 Å². The fraction of sp³-hybridized carbons (Fsp3) is 0.211. The van der Waals surface area contributed by atoms with Gasteiger partial charge in [-0.3, -0.25) is 0 Å². The number of nitrogens with zero attached hydrogens (tertiary/aromatic N) is 2. The van der Waals surface area contributed by atoms with Crippen LogP contribution in [0.5, 0.6) is 0 Å². The fourth-order valence-corrected chi connectivity index (χ4v) is 7.35. The van der Waals surface area contributed by atoms with E-state index in [1.165, 1.54) is 48.5 Å². The molecule has 0 radical (unpaired) electrons. The number of rotatable bonds is 5. The van der Waals surface area contributed by atoms with Gasteiger partial charge in [-0.05, 0) is 40.2 Å². The first-order chi connectivity index (χ1) is 13.5. The van der Waals surface area contributed by atoms with Crippen molar-refractivity contribution in [2.75, 3.05) is 3.71 Å². The summed E-state index contributed by atoms with van der Waals surface area (Å²) in [5.41, 5.74) is -0.122. The quantitative estimate of drug-likeness (QED) is 0.519. The summed E-state index contributed by atoms with van der Waals surface area (Å²) in [6, 6.07) is 14.6. The molecule has 0 aliphatic heterocycles. The molecule has 0 saturated carbocycles. The second kappa shape index (κ2) is 7.58. The third-order valence-corrected chi connectivity index (χ3v) is 8.85. The van der Waals surface area contributed by atoms with Crippen LogP contribution in [0.25, 0.3) is 0 Å². The molecule has 1 heterocycles. The molecule has 0 fully saturated rings. The molecular weight excluding hydrogens is 480 g/mol. The Kier molecular flexibility index (Phi) is 5.63. The zero-order chi connectivity index (χ0) is 21.4. The minimum Gasteiger partial charge on any atom is -0.335 e. The highest BCUT2D eigenvalue weighted by Gasteiger charge is 2.42. The van der Waals surface area contributed by atoms with Crippen LogP contribution in [-0.4, -0.2) is 22.0 Å². The summed E-state index contributed by atoms with van der Waals surface area (Å²) in [7, 11) is -9.07. The molecule has 0 N–H and O–H groups in total. The van der Waals surface area contributed by atoms with E-state index in [1.807, 2.05) is 20.8 Å². The standard InChI is InChI=1S/C19H19BrN2O5S2/c1-19(2,3)17-16(20)18(27-21-17)22(28(23,24)14-10-6-4-7-11-14)29(25,26)15-12-8-5-9-13-15/h4-13H,1-3H3. The number of sulfonamides is 2. The van der Waals surface area contributed by atoms with Crippen LogP contribution in [0.2, 0.25) is 0 Å².